The number of ether oxygens (including phenoxy) is 1. The van der Waals surface area contributed by atoms with Gasteiger partial charge in [0.2, 0.25) is 0 Å². The Balaban J connectivity index is 1.33. The van der Waals surface area contributed by atoms with Crippen LogP contribution in [-0.4, -0.2) is 42.1 Å². The molecule has 1 spiro atoms. The Morgan fingerprint density at radius 3 is 2.63 bits per heavy atom. The molecule has 3 aliphatic heterocycles. The van der Waals surface area contributed by atoms with Crippen molar-refractivity contribution in [3.63, 3.8) is 0 Å². The first-order valence-electron chi connectivity index (χ1n) is 10.1. The number of halogens is 1. The maximum Gasteiger partial charge on any atom is 0.118 e. The molecule has 3 atom stereocenters. The van der Waals surface area contributed by atoms with Gasteiger partial charge in [-0.2, -0.15) is 0 Å². The zero-order chi connectivity index (χ0) is 18.4. The third kappa shape index (κ3) is 2.97. The van der Waals surface area contributed by atoms with E-state index in [1.807, 2.05) is 12.1 Å². The first kappa shape index (κ1) is 17.5. The first-order chi connectivity index (χ1) is 13.2. The van der Waals surface area contributed by atoms with Crippen LogP contribution in [0.5, 0.6) is 5.75 Å². The predicted molar refractivity (Wildman–Crippen MR) is 109 cm³/mol. The molecule has 3 nitrogen and oxygen atoms in total. The van der Waals surface area contributed by atoms with E-state index in [2.05, 4.69) is 46.2 Å². The van der Waals surface area contributed by atoms with Gasteiger partial charge in [0, 0.05) is 36.2 Å². The summed E-state index contributed by atoms with van der Waals surface area (Å²) in [5, 5.41) is 0.832. The van der Waals surface area contributed by atoms with Crippen molar-refractivity contribution < 1.29 is 4.74 Å². The van der Waals surface area contributed by atoms with Crippen molar-refractivity contribution in [2.45, 2.75) is 37.4 Å². The minimum Gasteiger partial charge on any atom is -0.497 e. The molecule has 0 radical (unpaired) electrons. The molecule has 0 N–H and O–H groups in total. The van der Waals surface area contributed by atoms with Gasteiger partial charge in [0.05, 0.1) is 7.11 Å². The maximum absolute atomic E-state index is 6.11. The number of nitrogens with zero attached hydrogens (tertiary/aromatic N) is 2. The highest BCUT2D eigenvalue weighted by atomic mass is 35.5. The van der Waals surface area contributed by atoms with Crippen LogP contribution in [0.3, 0.4) is 0 Å². The zero-order valence-corrected chi connectivity index (χ0v) is 16.7. The van der Waals surface area contributed by atoms with Gasteiger partial charge in [-0.3, -0.25) is 9.80 Å². The van der Waals surface area contributed by atoms with E-state index in [1.54, 1.807) is 7.11 Å². The zero-order valence-electron chi connectivity index (χ0n) is 15.9. The largest absolute Gasteiger partial charge is 0.497 e. The van der Waals surface area contributed by atoms with Crippen LogP contribution < -0.4 is 4.74 Å². The van der Waals surface area contributed by atoms with Gasteiger partial charge >= 0.3 is 0 Å². The van der Waals surface area contributed by atoms with Gasteiger partial charge in [0.1, 0.15) is 5.75 Å². The lowest BCUT2D eigenvalue weighted by Gasteiger charge is -2.35. The fraction of sp³-hybridized carbons (Fsp3) is 0.478. The number of rotatable bonds is 4. The van der Waals surface area contributed by atoms with Crippen LogP contribution in [0.4, 0.5) is 0 Å². The molecule has 5 rings (SSSR count). The van der Waals surface area contributed by atoms with Gasteiger partial charge in [-0.25, -0.2) is 0 Å². The van der Waals surface area contributed by atoms with Crippen molar-refractivity contribution in [3.05, 3.63) is 64.7 Å². The lowest BCUT2D eigenvalue weighted by molar-refractivity contribution is 0.131. The monoisotopic (exact) mass is 382 g/mol. The van der Waals surface area contributed by atoms with E-state index in [0.717, 1.165) is 23.2 Å². The van der Waals surface area contributed by atoms with Crippen LogP contribution >= 0.6 is 11.6 Å². The SMILES string of the molecule is COc1ccc(CN2C[C@@H]3C[C@H](c4ccc(Cl)cc4)N4CCC[C@]34C2)cc1. The van der Waals surface area contributed by atoms with Gasteiger partial charge in [-0.05, 0) is 67.1 Å². The van der Waals surface area contributed by atoms with Crippen LogP contribution in [0, 0.1) is 5.92 Å². The molecule has 27 heavy (non-hydrogen) atoms. The molecule has 0 saturated carbocycles. The Morgan fingerprint density at radius 2 is 1.89 bits per heavy atom. The standard InChI is InChI=1S/C23H27ClN2O/c1-27-21-9-3-17(4-10-21)14-25-15-19-13-22(18-5-7-20(24)8-6-18)26-12-2-11-23(19,26)16-25/h3-10,19,22H,2,11-16H2,1H3/t19-,22+,23-/m0/s1. The second-order valence-corrected chi connectivity index (χ2v) is 8.85. The Bertz CT molecular complexity index is 806. The summed E-state index contributed by atoms with van der Waals surface area (Å²) < 4.78 is 5.29. The van der Waals surface area contributed by atoms with Crippen molar-refractivity contribution in [3.8, 4) is 5.75 Å². The number of likely N-dealkylation sites (tertiary alicyclic amines) is 1. The second kappa shape index (κ2) is 6.80. The highest BCUT2D eigenvalue weighted by Crippen LogP contribution is 2.55. The Kier molecular flexibility index (Phi) is 4.42. The molecule has 3 saturated heterocycles. The van der Waals surface area contributed by atoms with Gasteiger partial charge in [0.25, 0.3) is 0 Å². The summed E-state index contributed by atoms with van der Waals surface area (Å²) >= 11 is 6.11. The molecule has 3 heterocycles. The normalized spacial score (nSPS) is 30.4. The quantitative estimate of drug-likeness (QED) is 0.758. The number of benzene rings is 2. The van der Waals surface area contributed by atoms with Crippen LogP contribution in [0.25, 0.3) is 0 Å². The van der Waals surface area contributed by atoms with E-state index in [-0.39, 0.29) is 0 Å². The minimum absolute atomic E-state index is 0.386. The Labute approximate surface area is 166 Å². The molecule has 3 fully saturated rings. The number of hydrogen-bond acceptors (Lipinski definition) is 3. The Morgan fingerprint density at radius 1 is 1.11 bits per heavy atom. The molecule has 0 amide bonds. The van der Waals surface area contributed by atoms with Crippen molar-refractivity contribution >= 4 is 11.6 Å². The van der Waals surface area contributed by atoms with Crippen LogP contribution in [0.15, 0.2) is 48.5 Å². The molecule has 0 aromatic heterocycles. The van der Waals surface area contributed by atoms with Gasteiger partial charge in [-0.1, -0.05) is 35.9 Å². The van der Waals surface area contributed by atoms with Gasteiger partial charge in [-0.15, -0.1) is 0 Å². The highest BCUT2D eigenvalue weighted by molar-refractivity contribution is 6.30. The van der Waals surface area contributed by atoms with E-state index in [9.17, 15) is 0 Å². The molecule has 2 aromatic rings. The van der Waals surface area contributed by atoms with Gasteiger partial charge in [0.15, 0.2) is 0 Å². The minimum atomic E-state index is 0.386. The number of methoxy groups -OCH3 is 1. The third-order valence-electron chi connectivity index (χ3n) is 7.02. The van der Waals surface area contributed by atoms with E-state index in [1.165, 1.54) is 50.0 Å². The lowest BCUT2D eigenvalue weighted by atomic mass is 9.86. The van der Waals surface area contributed by atoms with Crippen LogP contribution in [0.2, 0.25) is 5.02 Å². The highest BCUT2D eigenvalue weighted by Gasteiger charge is 2.59. The summed E-state index contributed by atoms with van der Waals surface area (Å²) in [5.74, 6) is 1.71. The summed E-state index contributed by atoms with van der Waals surface area (Å²) in [6.07, 6.45) is 3.96. The summed E-state index contributed by atoms with van der Waals surface area (Å²) in [6, 6.07) is 17.7. The van der Waals surface area contributed by atoms with E-state index >= 15 is 0 Å². The molecule has 0 bridgehead atoms. The Hall–Kier alpha value is -1.55. The second-order valence-electron chi connectivity index (χ2n) is 8.42. The number of hydrogen-bond donors (Lipinski definition) is 0. The van der Waals surface area contributed by atoms with Crippen LogP contribution in [0.1, 0.15) is 36.4 Å². The molecule has 142 valence electrons. The van der Waals surface area contributed by atoms with Crippen molar-refractivity contribution in [2.24, 2.45) is 5.92 Å². The fourth-order valence-corrected chi connectivity index (χ4v) is 5.99. The average molecular weight is 383 g/mol. The molecule has 0 aliphatic carbocycles. The molecule has 2 aromatic carbocycles. The lowest BCUT2D eigenvalue weighted by Crippen LogP contribution is -2.45. The topological polar surface area (TPSA) is 15.7 Å². The van der Waals surface area contributed by atoms with Crippen LogP contribution in [-0.2, 0) is 6.54 Å². The predicted octanol–water partition coefficient (Wildman–Crippen LogP) is 4.76. The van der Waals surface area contributed by atoms with E-state index in [4.69, 9.17) is 16.3 Å². The average Bonchev–Trinajstić information content (AvgIpc) is 3.31. The fourth-order valence-electron chi connectivity index (χ4n) is 5.86. The third-order valence-corrected chi connectivity index (χ3v) is 7.27. The maximum atomic E-state index is 6.11. The smallest absolute Gasteiger partial charge is 0.118 e. The van der Waals surface area contributed by atoms with Crippen molar-refractivity contribution in [1.82, 2.24) is 9.80 Å². The van der Waals surface area contributed by atoms with Crippen molar-refractivity contribution in [2.75, 3.05) is 26.7 Å². The molecule has 4 heteroatoms. The summed E-state index contributed by atoms with van der Waals surface area (Å²) in [6.45, 7) is 4.70. The first-order valence-corrected chi connectivity index (χ1v) is 10.4. The van der Waals surface area contributed by atoms with E-state index < -0.39 is 0 Å². The van der Waals surface area contributed by atoms with Crippen molar-refractivity contribution in [1.29, 1.82) is 0 Å². The van der Waals surface area contributed by atoms with E-state index in [0.29, 0.717) is 11.6 Å². The summed E-state index contributed by atoms with van der Waals surface area (Å²) in [4.78, 5) is 5.50. The summed E-state index contributed by atoms with van der Waals surface area (Å²) in [7, 11) is 1.72. The van der Waals surface area contributed by atoms with Gasteiger partial charge < -0.3 is 4.74 Å². The summed E-state index contributed by atoms with van der Waals surface area (Å²) in [5.41, 5.74) is 3.21. The molecular formula is C23H27ClN2O. The molecular weight excluding hydrogens is 356 g/mol. The molecule has 0 unspecified atom stereocenters. The molecule has 3 aliphatic rings.